The molecule has 72 valence electrons. The van der Waals surface area contributed by atoms with Gasteiger partial charge in [-0.05, 0) is 35.7 Å². The van der Waals surface area contributed by atoms with Gasteiger partial charge in [0.2, 0.25) is 0 Å². The molecule has 1 aromatic carbocycles. The standard InChI is InChI=1S/C9H8Cl2F2/c1-6-2-3-7(4-8(6)10)5-9(11,12)13/h2-4H,5H2,1H3. The molecule has 1 aromatic rings. The molecule has 0 bridgehead atoms. The molecular formula is C9H8Cl2F2. The molecule has 0 aromatic heterocycles. The first-order chi connectivity index (χ1) is 5.88. The highest BCUT2D eigenvalue weighted by Crippen LogP contribution is 2.26. The van der Waals surface area contributed by atoms with Gasteiger partial charge in [0, 0.05) is 5.02 Å². The van der Waals surface area contributed by atoms with Crippen molar-refractivity contribution >= 4 is 23.2 Å². The van der Waals surface area contributed by atoms with E-state index in [9.17, 15) is 8.78 Å². The van der Waals surface area contributed by atoms with Gasteiger partial charge in [0.05, 0.1) is 6.42 Å². The monoisotopic (exact) mass is 224 g/mol. The third-order valence-corrected chi connectivity index (χ3v) is 2.18. The van der Waals surface area contributed by atoms with Gasteiger partial charge in [0.25, 0.3) is 0 Å². The van der Waals surface area contributed by atoms with E-state index in [2.05, 4.69) is 0 Å². The molecule has 0 saturated heterocycles. The first-order valence-corrected chi connectivity index (χ1v) is 4.46. The minimum absolute atomic E-state index is 0.440. The average Bonchev–Trinajstić information content (AvgIpc) is 1.94. The number of rotatable bonds is 2. The van der Waals surface area contributed by atoms with Gasteiger partial charge >= 0.3 is 5.38 Å². The molecule has 0 spiro atoms. The first kappa shape index (κ1) is 10.7. The van der Waals surface area contributed by atoms with Crippen LogP contribution in [0.5, 0.6) is 0 Å². The summed E-state index contributed by atoms with van der Waals surface area (Å²) in [6, 6.07) is 4.80. The number of aryl methyl sites for hydroxylation is 1. The summed E-state index contributed by atoms with van der Waals surface area (Å²) in [7, 11) is 0. The highest BCUT2D eigenvalue weighted by Gasteiger charge is 2.24. The third-order valence-electron chi connectivity index (χ3n) is 1.64. The van der Waals surface area contributed by atoms with Crippen LogP contribution in [0.1, 0.15) is 11.1 Å². The highest BCUT2D eigenvalue weighted by atomic mass is 35.5. The largest absolute Gasteiger partial charge is 0.325 e. The Hall–Kier alpha value is -0.340. The summed E-state index contributed by atoms with van der Waals surface area (Å²) in [5.74, 6) is 0. The van der Waals surface area contributed by atoms with Crippen molar-refractivity contribution < 1.29 is 8.78 Å². The van der Waals surface area contributed by atoms with Crippen LogP contribution in [0.4, 0.5) is 8.78 Å². The zero-order valence-electron chi connectivity index (χ0n) is 6.95. The van der Waals surface area contributed by atoms with Crippen LogP contribution in [-0.4, -0.2) is 5.38 Å². The Morgan fingerprint density at radius 1 is 1.38 bits per heavy atom. The number of benzene rings is 1. The van der Waals surface area contributed by atoms with Crippen molar-refractivity contribution in [3.8, 4) is 0 Å². The van der Waals surface area contributed by atoms with Crippen LogP contribution in [0, 0.1) is 6.92 Å². The number of alkyl halides is 3. The zero-order valence-corrected chi connectivity index (χ0v) is 8.46. The molecule has 0 fully saturated rings. The Morgan fingerprint density at radius 2 is 2.00 bits per heavy atom. The smallest absolute Gasteiger partial charge is 0.188 e. The lowest BCUT2D eigenvalue weighted by atomic mass is 10.1. The Labute approximate surface area is 85.5 Å². The van der Waals surface area contributed by atoms with E-state index in [1.807, 2.05) is 6.92 Å². The Balaban J connectivity index is 2.86. The fraction of sp³-hybridized carbons (Fsp3) is 0.333. The molecule has 0 aliphatic rings. The summed E-state index contributed by atoms with van der Waals surface area (Å²) in [4.78, 5) is 0. The molecule has 0 radical (unpaired) electrons. The average molecular weight is 225 g/mol. The van der Waals surface area contributed by atoms with Crippen molar-refractivity contribution in [2.75, 3.05) is 0 Å². The fourth-order valence-electron chi connectivity index (χ4n) is 0.978. The normalized spacial score (nSPS) is 11.8. The van der Waals surface area contributed by atoms with Crippen LogP contribution in [0.25, 0.3) is 0 Å². The molecule has 0 atom stereocenters. The summed E-state index contributed by atoms with van der Waals surface area (Å²) < 4.78 is 24.7. The van der Waals surface area contributed by atoms with Gasteiger partial charge < -0.3 is 0 Å². The van der Waals surface area contributed by atoms with Crippen molar-refractivity contribution in [3.05, 3.63) is 34.3 Å². The molecule has 0 N–H and O–H groups in total. The van der Waals surface area contributed by atoms with Gasteiger partial charge in [-0.2, -0.15) is 8.78 Å². The minimum atomic E-state index is -3.20. The summed E-state index contributed by atoms with van der Waals surface area (Å²) in [5, 5.41) is -2.71. The number of hydrogen-bond acceptors (Lipinski definition) is 0. The zero-order chi connectivity index (χ0) is 10.1. The predicted octanol–water partition coefficient (Wildman–Crippen LogP) is 4.02. The number of halogens is 4. The van der Waals surface area contributed by atoms with E-state index in [1.165, 1.54) is 6.07 Å². The second-order valence-corrected chi connectivity index (χ2v) is 3.84. The van der Waals surface area contributed by atoms with Gasteiger partial charge in [-0.1, -0.05) is 23.7 Å². The maximum atomic E-state index is 12.4. The topological polar surface area (TPSA) is 0 Å². The minimum Gasteiger partial charge on any atom is -0.188 e. The molecule has 13 heavy (non-hydrogen) atoms. The molecule has 0 aliphatic carbocycles. The number of hydrogen-bond donors (Lipinski definition) is 0. The lowest BCUT2D eigenvalue weighted by molar-refractivity contribution is 0.0969. The van der Waals surface area contributed by atoms with E-state index in [0.29, 0.717) is 10.6 Å². The van der Waals surface area contributed by atoms with Crippen LogP contribution in [-0.2, 0) is 6.42 Å². The molecule has 0 unspecified atom stereocenters. The van der Waals surface area contributed by atoms with Crippen LogP contribution in [0.2, 0.25) is 5.02 Å². The van der Waals surface area contributed by atoms with E-state index < -0.39 is 11.8 Å². The Kier molecular flexibility index (Phi) is 3.14. The second-order valence-electron chi connectivity index (χ2n) is 2.88. The summed E-state index contributed by atoms with van der Waals surface area (Å²) in [6.45, 7) is 1.81. The second kappa shape index (κ2) is 3.81. The van der Waals surface area contributed by atoms with E-state index in [0.717, 1.165) is 5.56 Å². The molecule has 0 aliphatic heterocycles. The molecule has 0 heterocycles. The van der Waals surface area contributed by atoms with Gasteiger partial charge in [-0.15, -0.1) is 0 Å². The van der Waals surface area contributed by atoms with Crippen molar-refractivity contribution in [2.45, 2.75) is 18.7 Å². The first-order valence-electron chi connectivity index (χ1n) is 3.70. The van der Waals surface area contributed by atoms with Crippen LogP contribution in [0.15, 0.2) is 18.2 Å². The van der Waals surface area contributed by atoms with Gasteiger partial charge in [0.1, 0.15) is 0 Å². The van der Waals surface area contributed by atoms with Crippen molar-refractivity contribution in [1.29, 1.82) is 0 Å². The van der Waals surface area contributed by atoms with Crippen molar-refractivity contribution in [1.82, 2.24) is 0 Å². The van der Waals surface area contributed by atoms with Crippen LogP contribution < -0.4 is 0 Å². The Morgan fingerprint density at radius 3 is 2.46 bits per heavy atom. The SMILES string of the molecule is Cc1ccc(CC(F)(F)Cl)cc1Cl. The van der Waals surface area contributed by atoms with Gasteiger partial charge in [-0.25, -0.2) is 0 Å². The summed E-state index contributed by atoms with van der Waals surface area (Å²) >= 11 is 10.5. The van der Waals surface area contributed by atoms with E-state index in [1.54, 1.807) is 12.1 Å². The van der Waals surface area contributed by atoms with Crippen LogP contribution in [0.3, 0.4) is 0 Å². The van der Waals surface area contributed by atoms with Gasteiger partial charge in [0.15, 0.2) is 0 Å². The maximum absolute atomic E-state index is 12.4. The van der Waals surface area contributed by atoms with Gasteiger partial charge in [-0.3, -0.25) is 0 Å². The summed E-state index contributed by atoms with van der Waals surface area (Å²) in [6.07, 6.45) is -0.492. The highest BCUT2D eigenvalue weighted by molar-refractivity contribution is 6.31. The molecule has 0 saturated carbocycles. The lowest BCUT2D eigenvalue weighted by Crippen LogP contribution is -2.09. The molecule has 4 heteroatoms. The summed E-state index contributed by atoms with van der Waals surface area (Å²) in [5.41, 5.74) is 1.30. The van der Waals surface area contributed by atoms with E-state index in [-0.39, 0.29) is 0 Å². The molecule has 1 rings (SSSR count). The Bertz CT molecular complexity index is 305. The fourth-order valence-corrected chi connectivity index (χ4v) is 1.34. The quantitative estimate of drug-likeness (QED) is 0.666. The molecular weight excluding hydrogens is 217 g/mol. The predicted molar refractivity (Wildman–Crippen MR) is 50.7 cm³/mol. The van der Waals surface area contributed by atoms with Crippen molar-refractivity contribution in [3.63, 3.8) is 0 Å². The van der Waals surface area contributed by atoms with Crippen LogP contribution >= 0.6 is 23.2 Å². The van der Waals surface area contributed by atoms with E-state index >= 15 is 0 Å². The lowest BCUT2D eigenvalue weighted by Gasteiger charge is -2.08. The third kappa shape index (κ3) is 3.49. The maximum Gasteiger partial charge on any atom is 0.325 e. The molecule has 0 amide bonds. The van der Waals surface area contributed by atoms with E-state index in [4.69, 9.17) is 23.2 Å². The van der Waals surface area contributed by atoms with Crippen molar-refractivity contribution in [2.24, 2.45) is 0 Å². The molecule has 0 nitrogen and oxygen atoms in total.